The summed E-state index contributed by atoms with van der Waals surface area (Å²) in [5, 5.41) is 14.6. The van der Waals surface area contributed by atoms with Gasteiger partial charge in [0, 0.05) is 43.2 Å². The summed E-state index contributed by atoms with van der Waals surface area (Å²) in [6.07, 6.45) is 2.70. The molecule has 0 aromatic heterocycles. The van der Waals surface area contributed by atoms with Gasteiger partial charge in [0.1, 0.15) is 5.75 Å². The van der Waals surface area contributed by atoms with Gasteiger partial charge in [0.25, 0.3) is 0 Å². The highest BCUT2D eigenvalue weighted by Gasteiger charge is 2.19. The van der Waals surface area contributed by atoms with E-state index in [1.54, 1.807) is 0 Å². The van der Waals surface area contributed by atoms with Crippen molar-refractivity contribution in [1.29, 1.82) is 0 Å². The minimum atomic E-state index is -0.727. The first-order chi connectivity index (χ1) is 12.6. The Hall–Kier alpha value is -2.27. The largest absolute Gasteiger partial charge is 0.494 e. The molecule has 3 rings (SSSR count). The van der Waals surface area contributed by atoms with Crippen LogP contribution in [0.2, 0.25) is 0 Å². The number of carboxylic acids is 1. The Labute approximate surface area is 155 Å². The molecular formula is C21H28N2O3. The average molecular weight is 356 g/mol. The van der Waals surface area contributed by atoms with E-state index in [9.17, 15) is 4.79 Å². The Morgan fingerprint density at radius 1 is 1.27 bits per heavy atom. The number of unbranched alkanes of at least 4 members (excludes halogenated alkanes) is 2. The maximum Gasteiger partial charge on any atom is 0.303 e. The summed E-state index contributed by atoms with van der Waals surface area (Å²) in [6, 6.07) is 13.2. The van der Waals surface area contributed by atoms with E-state index in [0.717, 1.165) is 38.2 Å². The molecule has 1 unspecified atom stereocenters. The van der Waals surface area contributed by atoms with Crippen molar-refractivity contribution in [2.45, 2.75) is 38.6 Å². The molecule has 1 heterocycles. The zero-order valence-corrected chi connectivity index (χ0v) is 15.4. The van der Waals surface area contributed by atoms with Crippen LogP contribution in [0.25, 0.3) is 10.8 Å². The molecule has 140 valence electrons. The van der Waals surface area contributed by atoms with Crippen LogP contribution in [0.15, 0.2) is 36.4 Å². The molecule has 0 bridgehead atoms. The van der Waals surface area contributed by atoms with Crippen molar-refractivity contribution in [3.8, 4) is 5.75 Å². The van der Waals surface area contributed by atoms with Gasteiger partial charge in [0.2, 0.25) is 0 Å². The molecule has 0 saturated carbocycles. The third kappa shape index (κ3) is 4.67. The van der Waals surface area contributed by atoms with Gasteiger partial charge in [-0.05, 0) is 49.8 Å². The first-order valence-corrected chi connectivity index (χ1v) is 9.50. The normalized spacial score (nSPS) is 17.4. The number of nitrogens with one attached hydrogen (secondary N) is 1. The van der Waals surface area contributed by atoms with Crippen molar-refractivity contribution in [3.63, 3.8) is 0 Å². The topological polar surface area (TPSA) is 61.8 Å². The number of aliphatic carboxylic acids is 1. The van der Waals surface area contributed by atoms with Crippen molar-refractivity contribution in [3.05, 3.63) is 36.4 Å². The molecular weight excluding hydrogens is 328 g/mol. The number of benzene rings is 2. The summed E-state index contributed by atoms with van der Waals surface area (Å²) in [7, 11) is 0. The SMILES string of the molecule is CC1CNCCN1c1cccc2ccc(OCCCCCC(=O)O)cc12. The quantitative estimate of drug-likeness (QED) is 0.707. The van der Waals surface area contributed by atoms with Gasteiger partial charge in [-0.2, -0.15) is 0 Å². The van der Waals surface area contributed by atoms with E-state index in [0.29, 0.717) is 19.1 Å². The molecule has 5 nitrogen and oxygen atoms in total. The molecule has 2 aromatic rings. The number of carbonyl (C=O) groups is 1. The summed E-state index contributed by atoms with van der Waals surface area (Å²) in [4.78, 5) is 13.0. The van der Waals surface area contributed by atoms with Crippen molar-refractivity contribution >= 4 is 22.4 Å². The predicted molar refractivity (Wildman–Crippen MR) is 105 cm³/mol. The van der Waals surface area contributed by atoms with E-state index in [4.69, 9.17) is 9.84 Å². The number of fused-ring (bicyclic) bond motifs is 1. The standard InChI is InChI=1S/C21H28N2O3/c1-16-15-22-11-12-23(16)20-7-5-6-17-9-10-18(14-19(17)20)26-13-4-2-3-8-21(24)25/h5-7,9-10,14,16,22H,2-4,8,11-13,15H2,1H3,(H,24,25). The lowest BCUT2D eigenvalue weighted by molar-refractivity contribution is -0.137. The van der Waals surface area contributed by atoms with E-state index in [2.05, 4.69) is 47.5 Å². The minimum Gasteiger partial charge on any atom is -0.494 e. The second kappa shape index (κ2) is 8.90. The van der Waals surface area contributed by atoms with E-state index < -0.39 is 5.97 Å². The van der Waals surface area contributed by atoms with Crippen molar-refractivity contribution in [2.24, 2.45) is 0 Å². The number of carboxylic acid groups (broad SMARTS) is 1. The molecule has 26 heavy (non-hydrogen) atoms. The van der Waals surface area contributed by atoms with Crippen LogP contribution < -0.4 is 15.0 Å². The lowest BCUT2D eigenvalue weighted by Crippen LogP contribution is -2.50. The lowest BCUT2D eigenvalue weighted by Gasteiger charge is -2.36. The Morgan fingerprint density at radius 2 is 2.15 bits per heavy atom. The van der Waals surface area contributed by atoms with Crippen LogP contribution >= 0.6 is 0 Å². The van der Waals surface area contributed by atoms with Crippen molar-refractivity contribution < 1.29 is 14.6 Å². The van der Waals surface area contributed by atoms with E-state index >= 15 is 0 Å². The molecule has 0 spiro atoms. The van der Waals surface area contributed by atoms with Gasteiger partial charge in [0.15, 0.2) is 0 Å². The number of anilines is 1. The Morgan fingerprint density at radius 3 is 2.96 bits per heavy atom. The van der Waals surface area contributed by atoms with Gasteiger partial charge < -0.3 is 20.1 Å². The Balaban J connectivity index is 1.67. The Kier molecular flexibility index (Phi) is 6.34. The van der Waals surface area contributed by atoms with Gasteiger partial charge in [-0.3, -0.25) is 4.79 Å². The first-order valence-electron chi connectivity index (χ1n) is 9.50. The van der Waals surface area contributed by atoms with E-state index in [-0.39, 0.29) is 6.42 Å². The summed E-state index contributed by atoms with van der Waals surface area (Å²) in [5.74, 6) is 0.154. The summed E-state index contributed by atoms with van der Waals surface area (Å²) in [5.41, 5.74) is 1.27. The second-order valence-corrected chi connectivity index (χ2v) is 6.96. The monoisotopic (exact) mass is 356 g/mol. The first kappa shape index (κ1) is 18.5. The van der Waals surface area contributed by atoms with Crippen LogP contribution in [-0.4, -0.2) is 43.4 Å². The summed E-state index contributed by atoms with van der Waals surface area (Å²) >= 11 is 0. The maximum absolute atomic E-state index is 10.5. The van der Waals surface area contributed by atoms with Crippen LogP contribution in [0, 0.1) is 0 Å². The second-order valence-electron chi connectivity index (χ2n) is 6.96. The van der Waals surface area contributed by atoms with Gasteiger partial charge in [0.05, 0.1) is 6.61 Å². The fourth-order valence-electron chi connectivity index (χ4n) is 3.52. The van der Waals surface area contributed by atoms with E-state index in [1.165, 1.54) is 16.5 Å². The predicted octanol–water partition coefficient (Wildman–Crippen LogP) is 3.66. The molecule has 1 fully saturated rings. The van der Waals surface area contributed by atoms with Crippen LogP contribution in [0.3, 0.4) is 0 Å². The minimum absolute atomic E-state index is 0.238. The fraction of sp³-hybridized carbons (Fsp3) is 0.476. The average Bonchev–Trinajstić information content (AvgIpc) is 2.64. The molecule has 2 N–H and O–H groups in total. The number of nitrogens with zero attached hydrogens (tertiary/aromatic N) is 1. The number of ether oxygens (including phenoxy) is 1. The molecule has 2 aromatic carbocycles. The summed E-state index contributed by atoms with van der Waals surface area (Å²) in [6.45, 7) is 5.89. The number of hydrogen-bond donors (Lipinski definition) is 2. The molecule has 0 radical (unpaired) electrons. The van der Waals surface area contributed by atoms with Gasteiger partial charge in [-0.1, -0.05) is 18.2 Å². The highest BCUT2D eigenvalue weighted by molar-refractivity contribution is 5.95. The number of hydrogen-bond acceptors (Lipinski definition) is 4. The molecule has 0 aliphatic carbocycles. The highest BCUT2D eigenvalue weighted by Crippen LogP contribution is 2.31. The van der Waals surface area contributed by atoms with Crippen molar-refractivity contribution in [1.82, 2.24) is 5.32 Å². The molecule has 5 heteroatoms. The molecule has 1 aliphatic heterocycles. The lowest BCUT2D eigenvalue weighted by atomic mass is 10.1. The van der Waals surface area contributed by atoms with Crippen LogP contribution in [0.4, 0.5) is 5.69 Å². The zero-order valence-electron chi connectivity index (χ0n) is 15.4. The Bertz CT molecular complexity index is 747. The molecule has 0 amide bonds. The maximum atomic E-state index is 10.5. The van der Waals surface area contributed by atoms with Crippen LogP contribution in [0.1, 0.15) is 32.6 Å². The highest BCUT2D eigenvalue weighted by atomic mass is 16.5. The molecule has 1 atom stereocenters. The third-order valence-electron chi connectivity index (χ3n) is 4.95. The molecule has 1 aliphatic rings. The summed E-state index contributed by atoms with van der Waals surface area (Å²) < 4.78 is 5.91. The third-order valence-corrected chi connectivity index (χ3v) is 4.95. The van der Waals surface area contributed by atoms with Gasteiger partial charge in [-0.15, -0.1) is 0 Å². The number of rotatable bonds is 8. The van der Waals surface area contributed by atoms with Gasteiger partial charge >= 0.3 is 5.97 Å². The fourth-order valence-corrected chi connectivity index (χ4v) is 3.52. The smallest absolute Gasteiger partial charge is 0.303 e. The zero-order chi connectivity index (χ0) is 18.4. The van der Waals surface area contributed by atoms with Gasteiger partial charge in [-0.25, -0.2) is 0 Å². The molecule has 1 saturated heterocycles. The van der Waals surface area contributed by atoms with Crippen molar-refractivity contribution in [2.75, 3.05) is 31.1 Å². The van der Waals surface area contributed by atoms with Crippen LogP contribution in [0.5, 0.6) is 5.75 Å². The van der Waals surface area contributed by atoms with E-state index in [1.807, 2.05) is 6.07 Å². The number of piperazine rings is 1. The van der Waals surface area contributed by atoms with Crippen LogP contribution in [-0.2, 0) is 4.79 Å².